The number of rotatable bonds is 5. The van der Waals surface area contributed by atoms with Gasteiger partial charge in [-0.2, -0.15) is 0 Å². The summed E-state index contributed by atoms with van der Waals surface area (Å²) in [4.78, 5) is 2.17. The van der Waals surface area contributed by atoms with E-state index in [9.17, 15) is 0 Å². The SMILES string of the molecule is Cc1cc(N)ccc1OCCN(C)c1ccccc1.Cl.Cl. The third-order valence-corrected chi connectivity index (χ3v) is 3.08. The summed E-state index contributed by atoms with van der Waals surface area (Å²) >= 11 is 0. The molecule has 0 radical (unpaired) electrons. The van der Waals surface area contributed by atoms with Gasteiger partial charge in [0.2, 0.25) is 0 Å². The monoisotopic (exact) mass is 328 g/mol. The second-order valence-electron chi connectivity index (χ2n) is 4.63. The summed E-state index contributed by atoms with van der Waals surface area (Å²) in [5.41, 5.74) is 8.75. The van der Waals surface area contributed by atoms with Gasteiger partial charge in [0.25, 0.3) is 0 Å². The number of para-hydroxylation sites is 1. The Balaban J connectivity index is 0.00000200. The van der Waals surface area contributed by atoms with Crippen LogP contribution in [0.4, 0.5) is 11.4 Å². The first-order valence-corrected chi connectivity index (χ1v) is 6.42. The molecule has 21 heavy (non-hydrogen) atoms. The number of hydrogen-bond acceptors (Lipinski definition) is 3. The summed E-state index contributed by atoms with van der Waals surface area (Å²) in [6.07, 6.45) is 0. The normalized spacial score (nSPS) is 9.24. The van der Waals surface area contributed by atoms with Crippen molar-refractivity contribution in [3.63, 3.8) is 0 Å². The van der Waals surface area contributed by atoms with Crippen LogP contribution in [0.15, 0.2) is 48.5 Å². The average molecular weight is 329 g/mol. The molecular weight excluding hydrogens is 307 g/mol. The second-order valence-corrected chi connectivity index (χ2v) is 4.63. The Morgan fingerprint density at radius 1 is 1.05 bits per heavy atom. The number of aryl methyl sites for hydroxylation is 1. The first kappa shape index (κ1) is 19.4. The van der Waals surface area contributed by atoms with Crippen molar-refractivity contribution < 1.29 is 4.74 Å². The van der Waals surface area contributed by atoms with Crippen LogP contribution in [-0.2, 0) is 0 Å². The molecule has 0 aliphatic heterocycles. The molecule has 3 nitrogen and oxygen atoms in total. The summed E-state index contributed by atoms with van der Waals surface area (Å²) in [6.45, 7) is 3.50. The van der Waals surface area contributed by atoms with Crippen molar-refractivity contribution in [3.05, 3.63) is 54.1 Å². The molecule has 2 aromatic carbocycles. The molecule has 0 heterocycles. The van der Waals surface area contributed by atoms with Gasteiger partial charge in [-0.1, -0.05) is 18.2 Å². The fraction of sp³-hybridized carbons (Fsp3) is 0.250. The van der Waals surface area contributed by atoms with Crippen LogP contribution in [0.25, 0.3) is 0 Å². The quantitative estimate of drug-likeness (QED) is 0.845. The lowest BCUT2D eigenvalue weighted by Gasteiger charge is -2.19. The highest BCUT2D eigenvalue weighted by Gasteiger charge is 2.02. The molecule has 0 aromatic heterocycles. The number of ether oxygens (including phenoxy) is 1. The fourth-order valence-electron chi connectivity index (χ4n) is 1.94. The molecule has 0 aliphatic carbocycles. The topological polar surface area (TPSA) is 38.5 Å². The molecule has 2 N–H and O–H groups in total. The third-order valence-electron chi connectivity index (χ3n) is 3.08. The predicted molar refractivity (Wildman–Crippen MR) is 95.3 cm³/mol. The van der Waals surface area contributed by atoms with Gasteiger partial charge < -0.3 is 15.4 Å². The minimum atomic E-state index is 0. The van der Waals surface area contributed by atoms with E-state index in [1.807, 2.05) is 43.3 Å². The van der Waals surface area contributed by atoms with Crippen molar-refractivity contribution in [2.24, 2.45) is 0 Å². The summed E-state index contributed by atoms with van der Waals surface area (Å²) in [5.74, 6) is 0.899. The van der Waals surface area contributed by atoms with Crippen molar-refractivity contribution in [2.75, 3.05) is 30.8 Å². The lowest BCUT2D eigenvalue weighted by molar-refractivity contribution is 0.324. The zero-order chi connectivity index (χ0) is 13.7. The molecule has 0 bridgehead atoms. The van der Waals surface area contributed by atoms with Gasteiger partial charge in [-0.3, -0.25) is 0 Å². The maximum Gasteiger partial charge on any atom is 0.122 e. The number of nitrogen functional groups attached to an aromatic ring is 1. The van der Waals surface area contributed by atoms with Crippen molar-refractivity contribution in [2.45, 2.75) is 6.92 Å². The van der Waals surface area contributed by atoms with Gasteiger partial charge in [0, 0.05) is 18.4 Å². The summed E-state index contributed by atoms with van der Waals surface area (Å²) < 4.78 is 5.79. The number of halogens is 2. The van der Waals surface area contributed by atoms with Gasteiger partial charge in [-0.25, -0.2) is 0 Å². The fourth-order valence-corrected chi connectivity index (χ4v) is 1.94. The minimum absolute atomic E-state index is 0. The van der Waals surface area contributed by atoms with Crippen LogP contribution >= 0.6 is 24.8 Å². The summed E-state index contributed by atoms with van der Waals surface area (Å²) in [6, 6.07) is 16.0. The van der Waals surface area contributed by atoms with Crippen LogP contribution in [0.1, 0.15) is 5.56 Å². The van der Waals surface area contributed by atoms with E-state index < -0.39 is 0 Å². The number of likely N-dealkylation sites (N-methyl/N-ethyl adjacent to an activating group) is 1. The number of nitrogens with two attached hydrogens (primary N) is 1. The summed E-state index contributed by atoms with van der Waals surface area (Å²) in [5, 5.41) is 0. The molecule has 0 aliphatic rings. The van der Waals surface area contributed by atoms with Crippen LogP contribution in [-0.4, -0.2) is 20.2 Å². The van der Waals surface area contributed by atoms with Crippen molar-refractivity contribution in [3.8, 4) is 5.75 Å². The average Bonchev–Trinajstić information content (AvgIpc) is 2.42. The Kier molecular flexibility index (Phi) is 8.67. The van der Waals surface area contributed by atoms with Gasteiger partial charge in [0.15, 0.2) is 0 Å². The Morgan fingerprint density at radius 3 is 2.33 bits per heavy atom. The molecular formula is C16H22Cl2N2O. The molecule has 0 fully saturated rings. The van der Waals surface area contributed by atoms with Gasteiger partial charge in [-0.05, 0) is 42.8 Å². The number of nitrogens with zero attached hydrogens (tertiary/aromatic N) is 1. The first-order chi connectivity index (χ1) is 9.16. The van der Waals surface area contributed by atoms with Crippen LogP contribution in [0.5, 0.6) is 5.75 Å². The van der Waals surface area contributed by atoms with Crippen LogP contribution < -0.4 is 15.4 Å². The molecule has 2 rings (SSSR count). The lowest BCUT2D eigenvalue weighted by atomic mass is 10.2. The molecule has 0 spiro atoms. The standard InChI is InChI=1S/C16H20N2O.2ClH/c1-13-12-14(17)8-9-16(13)19-11-10-18(2)15-6-4-3-5-7-15;;/h3-9,12H,10-11,17H2,1-2H3;2*1H. The van der Waals surface area contributed by atoms with Gasteiger partial charge in [0.1, 0.15) is 12.4 Å². The highest BCUT2D eigenvalue weighted by molar-refractivity contribution is 5.85. The molecule has 116 valence electrons. The van der Waals surface area contributed by atoms with E-state index in [2.05, 4.69) is 24.1 Å². The highest BCUT2D eigenvalue weighted by Crippen LogP contribution is 2.20. The van der Waals surface area contributed by atoms with E-state index in [1.54, 1.807) is 0 Å². The number of hydrogen-bond donors (Lipinski definition) is 1. The van der Waals surface area contributed by atoms with E-state index in [1.165, 1.54) is 5.69 Å². The van der Waals surface area contributed by atoms with Crippen LogP contribution in [0, 0.1) is 6.92 Å². The molecule has 0 atom stereocenters. The van der Waals surface area contributed by atoms with Crippen molar-refractivity contribution in [1.82, 2.24) is 0 Å². The second kappa shape index (κ2) is 9.37. The van der Waals surface area contributed by atoms with E-state index in [4.69, 9.17) is 10.5 Å². The van der Waals surface area contributed by atoms with E-state index in [-0.39, 0.29) is 24.8 Å². The highest BCUT2D eigenvalue weighted by atomic mass is 35.5. The largest absolute Gasteiger partial charge is 0.491 e. The lowest BCUT2D eigenvalue weighted by Crippen LogP contribution is -2.23. The maximum atomic E-state index is 5.79. The molecule has 0 saturated heterocycles. The Hall–Kier alpha value is -1.58. The van der Waals surface area contributed by atoms with Gasteiger partial charge in [0.05, 0.1) is 6.54 Å². The molecule has 0 saturated carbocycles. The molecule has 0 amide bonds. The molecule has 0 unspecified atom stereocenters. The minimum Gasteiger partial charge on any atom is -0.491 e. The van der Waals surface area contributed by atoms with Crippen molar-refractivity contribution in [1.29, 1.82) is 0 Å². The van der Waals surface area contributed by atoms with E-state index in [0.717, 1.165) is 23.5 Å². The zero-order valence-corrected chi connectivity index (χ0v) is 13.9. The van der Waals surface area contributed by atoms with Gasteiger partial charge >= 0.3 is 0 Å². The predicted octanol–water partition coefficient (Wildman–Crippen LogP) is 3.94. The smallest absolute Gasteiger partial charge is 0.122 e. The van der Waals surface area contributed by atoms with Crippen LogP contribution in [0.2, 0.25) is 0 Å². The maximum absolute atomic E-state index is 5.79. The summed E-state index contributed by atoms with van der Waals surface area (Å²) in [7, 11) is 2.06. The number of benzene rings is 2. The third kappa shape index (κ3) is 5.74. The Labute approximate surface area is 138 Å². The van der Waals surface area contributed by atoms with E-state index in [0.29, 0.717) is 6.61 Å². The molecule has 5 heteroatoms. The Morgan fingerprint density at radius 2 is 1.71 bits per heavy atom. The van der Waals surface area contributed by atoms with Crippen LogP contribution in [0.3, 0.4) is 0 Å². The number of anilines is 2. The zero-order valence-electron chi connectivity index (χ0n) is 12.3. The van der Waals surface area contributed by atoms with Gasteiger partial charge in [-0.15, -0.1) is 24.8 Å². The van der Waals surface area contributed by atoms with Crippen molar-refractivity contribution >= 4 is 36.2 Å². The Bertz CT molecular complexity index is 535. The molecule has 2 aromatic rings. The van der Waals surface area contributed by atoms with E-state index >= 15 is 0 Å². The first-order valence-electron chi connectivity index (χ1n) is 6.42.